The zero-order valence-corrected chi connectivity index (χ0v) is 18.4. The molecule has 2 rings (SSSR count). The number of hydrogen-bond donors (Lipinski definition) is 0. The molecule has 0 fully saturated rings. The second-order valence-corrected chi connectivity index (χ2v) is 8.04. The molecule has 0 saturated carbocycles. The molecule has 1 heteroatoms. The molecule has 0 bridgehead atoms. The van der Waals surface area contributed by atoms with E-state index in [-0.39, 0.29) is 0 Å². The maximum Gasteiger partial charge on any atom is 0.126 e. The van der Waals surface area contributed by atoms with Gasteiger partial charge >= 0.3 is 0 Å². The lowest BCUT2D eigenvalue weighted by Crippen LogP contribution is -2.00. The van der Waals surface area contributed by atoms with Crippen molar-refractivity contribution in [2.75, 3.05) is 6.61 Å². The summed E-state index contributed by atoms with van der Waals surface area (Å²) < 4.78 is 6.17. The fourth-order valence-corrected chi connectivity index (χ4v) is 3.35. The van der Waals surface area contributed by atoms with Crippen molar-refractivity contribution in [1.29, 1.82) is 0 Å². The monoisotopic (exact) mass is 378 g/mol. The number of aryl methyl sites for hydroxylation is 3. The first kappa shape index (κ1) is 22.3. The van der Waals surface area contributed by atoms with Gasteiger partial charge in [-0.2, -0.15) is 0 Å². The van der Waals surface area contributed by atoms with E-state index in [1.807, 2.05) is 0 Å². The molecule has 2 aromatic carbocycles. The van der Waals surface area contributed by atoms with Crippen molar-refractivity contribution in [3.8, 4) is 5.75 Å². The summed E-state index contributed by atoms with van der Waals surface area (Å²) in [6.07, 6.45) is 15.0. The number of benzene rings is 2. The van der Waals surface area contributed by atoms with E-state index in [2.05, 4.69) is 76.2 Å². The Balaban J connectivity index is 1.87. The lowest BCUT2D eigenvalue weighted by Gasteiger charge is -2.12. The standard InChI is InChI=1S/C27H38O/c1-5-6-7-8-9-10-11-12-19-28-27-21-24(4)23(3)20-26(27)18-17-25-15-13-22(2)14-16-25/h13-18,20-21H,5-12,19H2,1-4H3/b18-17+. The molecule has 0 amide bonds. The number of hydrogen-bond acceptors (Lipinski definition) is 1. The summed E-state index contributed by atoms with van der Waals surface area (Å²) in [6, 6.07) is 13.1. The Bertz CT molecular complexity index is 725. The van der Waals surface area contributed by atoms with Crippen molar-refractivity contribution < 1.29 is 4.74 Å². The van der Waals surface area contributed by atoms with Gasteiger partial charge in [0.2, 0.25) is 0 Å². The highest BCUT2D eigenvalue weighted by atomic mass is 16.5. The third-order valence-electron chi connectivity index (χ3n) is 5.41. The van der Waals surface area contributed by atoms with Crippen LogP contribution in [0, 0.1) is 20.8 Å². The molecule has 0 aliphatic rings. The second-order valence-electron chi connectivity index (χ2n) is 8.04. The van der Waals surface area contributed by atoms with E-state index in [1.54, 1.807) is 0 Å². The highest BCUT2D eigenvalue weighted by molar-refractivity contribution is 5.73. The molecule has 0 N–H and O–H groups in total. The summed E-state index contributed by atoms with van der Waals surface area (Å²) in [5.41, 5.74) is 6.28. The fraction of sp³-hybridized carbons (Fsp3) is 0.481. The largest absolute Gasteiger partial charge is 0.493 e. The van der Waals surface area contributed by atoms with E-state index in [0.717, 1.165) is 18.8 Å². The van der Waals surface area contributed by atoms with Gasteiger partial charge in [0, 0.05) is 5.56 Å². The number of rotatable bonds is 12. The molecule has 152 valence electrons. The minimum Gasteiger partial charge on any atom is -0.493 e. The van der Waals surface area contributed by atoms with Gasteiger partial charge in [0.25, 0.3) is 0 Å². The van der Waals surface area contributed by atoms with Crippen LogP contribution in [-0.2, 0) is 0 Å². The summed E-state index contributed by atoms with van der Waals surface area (Å²) in [5, 5.41) is 0. The molecular formula is C27H38O. The topological polar surface area (TPSA) is 9.23 Å². The molecule has 0 radical (unpaired) electrons. The molecule has 0 unspecified atom stereocenters. The lowest BCUT2D eigenvalue weighted by atomic mass is 10.0. The molecule has 0 aromatic heterocycles. The van der Waals surface area contributed by atoms with Crippen LogP contribution in [-0.4, -0.2) is 6.61 Å². The van der Waals surface area contributed by atoms with E-state index < -0.39 is 0 Å². The smallest absolute Gasteiger partial charge is 0.126 e. The molecule has 0 atom stereocenters. The Morgan fingerprint density at radius 3 is 2.00 bits per heavy atom. The van der Waals surface area contributed by atoms with Crippen molar-refractivity contribution in [1.82, 2.24) is 0 Å². The SMILES string of the molecule is CCCCCCCCCCOc1cc(C)c(C)cc1/C=C/c1ccc(C)cc1. The Kier molecular flexibility index (Phi) is 9.90. The van der Waals surface area contributed by atoms with Crippen LogP contribution < -0.4 is 4.74 Å². The molecule has 0 spiro atoms. The molecule has 2 aromatic rings. The predicted octanol–water partition coefficient (Wildman–Crippen LogP) is 8.30. The minimum atomic E-state index is 0.808. The number of unbranched alkanes of at least 4 members (excludes halogenated alkanes) is 7. The second kappa shape index (κ2) is 12.4. The van der Waals surface area contributed by atoms with Crippen LogP contribution in [0.5, 0.6) is 5.75 Å². The first-order chi connectivity index (χ1) is 13.6. The zero-order valence-electron chi connectivity index (χ0n) is 18.4. The summed E-state index contributed by atoms with van der Waals surface area (Å²) in [5.74, 6) is 1.01. The summed E-state index contributed by atoms with van der Waals surface area (Å²) >= 11 is 0. The van der Waals surface area contributed by atoms with E-state index >= 15 is 0 Å². The van der Waals surface area contributed by atoms with E-state index in [4.69, 9.17) is 4.74 Å². The zero-order chi connectivity index (χ0) is 20.2. The van der Waals surface area contributed by atoms with Gasteiger partial charge in [-0.15, -0.1) is 0 Å². The van der Waals surface area contributed by atoms with Crippen LogP contribution in [0.15, 0.2) is 36.4 Å². The van der Waals surface area contributed by atoms with Gasteiger partial charge < -0.3 is 4.74 Å². The average molecular weight is 379 g/mol. The van der Waals surface area contributed by atoms with Crippen molar-refractivity contribution in [2.45, 2.75) is 79.1 Å². The maximum absolute atomic E-state index is 6.17. The quantitative estimate of drug-likeness (QED) is 0.266. The predicted molar refractivity (Wildman–Crippen MR) is 124 cm³/mol. The summed E-state index contributed by atoms with van der Waals surface area (Å²) in [4.78, 5) is 0. The summed E-state index contributed by atoms with van der Waals surface area (Å²) in [7, 11) is 0. The molecule has 0 heterocycles. The van der Waals surface area contributed by atoms with Crippen LogP contribution >= 0.6 is 0 Å². The molecule has 0 saturated heterocycles. The Morgan fingerprint density at radius 1 is 0.714 bits per heavy atom. The van der Waals surface area contributed by atoms with Crippen molar-refractivity contribution in [2.24, 2.45) is 0 Å². The van der Waals surface area contributed by atoms with E-state index in [0.29, 0.717) is 0 Å². The van der Waals surface area contributed by atoms with Gasteiger partial charge in [-0.1, -0.05) is 93.9 Å². The van der Waals surface area contributed by atoms with E-state index in [9.17, 15) is 0 Å². The molecule has 1 nitrogen and oxygen atoms in total. The minimum absolute atomic E-state index is 0.808. The summed E-state index contributed by atoms with van der Waals surface area (Å²) in [6.45, 7) is 9.53. The molecular weight excluding hydrogens is 340 g/mol. The Labute approximate surface area is 172 Å². The van der Waals surface area contributed by atoms with Gasteiger partial charge in [-0.05, 0) is 56.0 Å². The van der Waals surface area contributed by atoms with Gasteiger partial charge in [-0.3, -0.25) is 0 Å². The highest BCUT2D eigenvalue weighted by Gasteiger charge is 2.05. The van der Waals surface area contributed by atoms with Crippen molar-refractivity contribution in [3.05, 3.63) is 64.2 Å². The average Bonchev–Trinajstić information content (AvgIpc) is 2.69. The Hall–Kier alpha value is -2.02. The van der Waals surface area contributed by atoms with Crippen LogP contribution in [0.3, 0.4) is 0 Å². The first-order valence-electron chi connectivity index (χ1n) is 11.1. The Morgan fingerprint density at radius 2 is 1.32 bits per heavy atom. The van der Waals surface area contributed by atoms with Crippen molar-refractivity contribution in [3.63, 3.8) is 0 Å². The highest BCUT2D eigenvalue weighted by Crippen LogP contribution is 2.26. The fourth-order valence-electron chi connectivity index (χ4n) is 3.35. The van der Waals surface area contributed by atoms with Gasteiger partial charge in [0.15, 0.2) is 0 Å². The third-order valence-corrected chi connectivity index (χ3v) is 5.41. The normalized spacial score (nSPS) is 11.3. The van der Waals surface area contributed by atoms with Crippen LogP contribution in [0.4, 0.5) is 0 Å². The van der Waals surface area contributed by atoms with Crippen LogP contribution in [0.2, 0.25) is 0 Å². The first-order valence-corrected chi connectivity index (χ1v) is 11.1. The van der Waals surface area contributed by atoms with Gasteiger partial charge in [-0.25, -0.2) is 0 Å². The molecule has 28 heavy (non-hydrogen) atoms. The van der Waals surface area contributed by atoms with Gasteiger partial charge in [0.1, 0.15) is 5.75 Å². The van der Waals surface area contributed by atoms with Crippen molar-refractivity contribution >= 4 is 12.2 Å². The lowest BCUT2D eigenvalue weighted by molar-refractivity contribution is 0.303. The molecule has 0 aliphatic carbocycles. The third kappa shape index (κ3) is 7.92. The number of ether oxygens (including phenoxy) is 1. The van der Waals surface area contributed by atoms with Crippen LogP contribution in [0.1, 0.15) is 86.1 Å². The van der Waals surface area contributed by atoms with Crippen LogP contribution in [0.25, 0.3) is 12.2 Å². The van der Waals surface area contributed by atoms with E-state index in [1.165, 1.54) is 72.8 Å². The molecule has 0 aliphatic heterocycles. The van der Waals surface area contributed by atoms with Gasteiger partial charge in [0.05, 0.1) is 6.61 Å². The maximum atomic E-state index is 6.17.